The van der Waals surface area contributed by atoms with Crippen LogP contribution in [0.1, 0.15) is 6.92 Å². The minimum atomic E-state index is -0.636. The van der Waals surface area contributed by atoms with E-state index in [9.17, 15) is 9.59 Å². The molecule has 2 amide bonds. The maximum absolute atomic E-state index is 12.7. The highest BCUT2D eigenvalue weighted by Crippen LogP contribution is 2.52. The predicted molar refractivity (Wildman–Crippen MR) is 76.0 cm³/mol. The molecule has 0 radical (unpaired) electrons. The molecule has 0 unspecified atom stereocenters. The van der Waals surface area contributed by atoms with Gasteiger partial charge in [0.2, 0.25) is 11.8 Å². The summed E-state index contributed by atoms with van der Waals surface area (Å²) >= 11 is 3.37. The summed E-state index contributed by atoms with van der Waals surface area (Å²) in [6, 6.07) is 7.25. The Bertz CT molecular complexity index is 671. The van der Waals surface area contributed by atoms with E-state index in [4.69, 9.17) is 4.74 Å². The first-order chi connectivity index (χ1) is 9.51. The maximum Gasteiger partial charge on any atom is 0.241 e. The number of nitrogens with zero attached hydrogens (tertiary/aromatic N) is 1. The van der Waals surface area contributed by atoms with Crippen LogP contribution in [0.5, 0.6) is 0 Å². The molecule has 3 aliphatic rings. The molecule has 20 heavy (non-hydrogen) atoms. The Hall–Kier alpha value is -1.46. The van der Waals surface area contributed by atoms with Crippen molar-refractivity contribution in [3.8, 4) is 0 Å². The van der Waals surface area contributed by atoms with E-state index < -0.39 is 11.5 Å². The number of carbonyl (C=O) groups is 2. The molecule has 102 valence electrons. The summed E-state index contributed by atoms with van der Waals surface area (Å²) in [7, 11) is 0. The molecule has 0 aromatic heterocycles. The van der Waals surface area contributed by atoms with Crippen LogP contribution in [0.4, 0.5) is 5.69 Å². The highest BCUT2D eigenvalue weighted by atomic mass is 79.9. The summed E-state index contributed by atoms with van der Waals surface area (Å²) in [5.74, 6) is -1.09. The fraction of sp³-hybridized carbons (Fsp3) is 0.333. The van der Waals surface area contributed by atoms with Gasteiger partial charge in [-0.3, -0.25) is 9.59 Å². The SMILES string of the molecule is C[C@]12C=C[C@H](O1)[C@@H]1C(=O)N(c3cccc(Br)c3)C(=O)[C@@H]12. The molecule has 1 aromatic rings. The first kappa shape index (κ1) is 12.3. The van der Waals surface area contributed by atoms with Crippen LogP contribution in [0.2, 0.25) is 0 Å². The molecule has 4 rings (SSSR count). The largest absolute Gasteiger partial charge is 0.362 e. The summed E-state index contributed by atoms with van der Waals surface area (Å²) in [6.07, 6.45) is 3.55. The molecule has 3 heterocycles. The second-order valence-electron chi connectivity index (χ2n) is 5.62. The lowest BCUT2D eigenvalue weighted by atomic mass is 9.78. The molecule has 2 saturated heterocycles. The van der Waals surface area contributed by atoms with Crippen molar-refractivity contribution in [2.75, 3.05) is 4.90 Å². The van der Waals surface area contributed by atoms with Crippen molar-refractivity contribution in [3.05, 3.63) is 40.9 Å². The number of anilines is 1. The normalized spacial score (nSPS) is 37.9. The van der Waals surface area contributed by atoms with E-state index in [-0.39, 0.29) is 23.8 Å². The monoisotopic (exact) mass is 333 g/mol. The fourth-order valence-corrected chi connectivity index (χ4v) is 3.91. The molecule has 5 heteroatoms. The Morgan fingerprint density at radius 1 is 1.30 bits per heavy atom. The van der Waals surface area contributed by atoms with Gasteiger partial charge < -0.3 is 4.74 Å². The van der Waals surface area contributed by atoms with E-state index in [2.05, 4.69) is 15.9 Å². The Morgan fingerprint density at radius 3 is 2.80 bits per heavy atom. The highest BCUT2D eigenvalue weighted by Gasteiger charge is 2.65. The Balaban J connectivity index is 1.79. The van der Waals surface area contributed by atoms with Gasteiger partial charge in [-0.15, -0.1) is 0 Å². The van der Waals surface area contributed by atoms with E-state index in [1.54, 1.807) is 12.1 Å². The van der Waals surface area contributed by atoms with Crippen LogP contribution >= 0.6 is 15.9 Å². The Labute approximate surface area is 124 Å². The van der Waals surface area contributed by atoms with E-state index in [0.29, 0.717) is 5.69 Å². The smallest absolute Gasteiger partial charge is 0.241 e. The van der Waals surface area contributed by atoms with Crippen molar-refractivity contribution in [2.45, 2.75) is 18.6 Å². The molecule has 0 spiro atoms. The summed E-state index contributed by atoms with van der Waals surface area (Å²) < 4.78 is 6.63. The van der Waals surface area contributed by atoms with Gasteiger partial charge in [0.1, 0.15) is 0 Å². The lowest BCUT2D eigenvalue weighted by Crippen LogP contribution is -2.38. The molecule has 0 N–H and O–H groups in total. The Kier molecular flexibility index (Phi) is 2.34. The maximum atomic E-state index is 12.7. The van der Waals surface area contributed by atoms with Crippen LogP contribution in [-0.4, -0.2) is 23.5 Å². The second kappa shape index (κ2) is 3.80. The fourth-order valence-electron chi connectivity index (χ4n) is 3.52. The zero-order valence-electron chi connectivity index (χ0n) is 10.7. The molecule has 4 nitrogen and oxygen atoms in total. The van der Waals surface area contributed by atoms with Crippen molar-refractivity contribution in [1.29, 1.82) is 0 Å². The lowest BCUT2D eigenvalue weighted by Gasteiger charge is -2.24. The quantitative estimate of drug-likeness (QED) is 0.585. The van der Waals surface area contributed by atoms with Gasteiger partial charge >= 0.3 is 0 Å². The van der Waals surface area contributed by atoms with Crippen molar-refractivity contribution in [2.24, 2.45) is 11.8 Å². The van der Waals surface area contributed by atoms with Crippen LogP contribution in [0.15, 0.2) is 40.9 Å². The van der Waals surface area contributed by atoms with E-state index in [1.807, 2.05) is 31.2 Å². The third kappa shape index (κ3) is 1.39. The summed E-state index contributed by atoms with van der Waals surface area (Å²) in [6.45, 7) is 1.88. The Morgan fingerprint density at radius 2 is 2.10 bits per heavy atom. The zero-order chi connectivity index (χ0) is 14.1. The van der Waals surface area contributed by atoms with Gasteiger partial charge in [0.15, 0.2) is 0 Å². The number of benzene rings is 1. The number of hydrogen-bond acceptors (Lipinski definition) is 3. The van der Waals surface area contributed by atoms with Crippen LogP contribution in [0.25, 0.3) is 0 Å². The van der Waals surface area contributed by atoms with Gasteiger partial charge in [-0.25, -0.2) is 4.90 Å². The average Bonchev–Trinajstić information content (AvgIpc) is 2.99. The minimum Gasteiger partial charge on any atom is -0.362 e. The third-order valence-corrected chi connectivity index (χ3v) is 4.89. The molecule has 0 saturated carbocycles. The molecular weight excluding hydrogens is 322 g/mol. The lowest BCUT2D eigenvalue weighted by molar-refractivity contribution is -0.126. The number of hydrogen-bond donors (Lipinski definition) is 0. The van der Waals surface area contributed by atoms with Gasteiger partial charge in [0.05, 0.1) is 29.2 Å². The van der Waals surface area contributed by atoms with E-state index in [1.165, 1.54) is 4.90 Å². The third-order valence-electron chi connectivity index (χ3n) is 4.40. The van der Waals surface area contributed by atoms with Crippen molar-refractivity contribution in [3.63, 3.8) is 0 Å². The van der Waals surface area contributed by atoms with E-state index in [0.717, 1.165) is 4.47 Å². The van der Waals surface area contributed by atoms with Gasteiger partial charge in [-0.2, -0.15) is 0 Å². The minimum absolute atomic E-state index is 0.156. The van der Waals surface area contributed by atoms with Gasteiger partial charge in [-0.05, 0) is 25.1 Å². The summed E-state index contributed by atoms with van der Waals surface area (Å²) in [4.78, 5) is 26.6. The number of rotatable bonds is 1. The number of halogens is 1. The van der Waals surface area contributed by atoms with E-state index >= 15 is 0 Å². The summed E-state index contributed by atoms with van der Waals surface area (Å²) in [5.41, 5.74) is -0.0187. The van der Waals surface area contributed by atoms with Gasteiger partial charge in [0, 0.05) is 4.47 Å². The number of carbonyl (C=O) groups excluding carboxylic acids is 2. The van der Waals surface area contributed by atoms with Crippen molar-refractivity contribution in [1.82, 2.24) is 0 Å². The first-order valence-corrected chi connectivity index (χ1v) is 7.31. The standard InChI is InChI=1S/C15H12BrNO3/c1-15-6-5-10(20-15)11-12(15)14(19)17(13(11)18)9-4-2-3-8(16)7-9/h2-7,10-12H,1H3/t10-,11-,12+,15+/m0/s1. The molecule has 4 atom stereocenters. The van der Waals surface area contributed by atoms with Crippen LogP contribution in [0, 0.1) is 11.8 Å². The number of amides is 2. The van der Waals surface area contributed by atoms with Crippen LogP contribution in [-0.2, 0) is 14.3 Å². The summed E-state index contributed by atoms with van der Waals surface area (Å²) in [5, 5.41) is 0. The molecule has 2 fully saturated rings. The highest BCUT2D eigenvalue weighted by molar-refractivity contribution is 9.10. The van der Waals surface area contributed by atoms with Crippen LogP contribution in [0.3, 0.4) is 0 Å². The van der Waals surface area contributed by atoms with Crippen molar-refractivity contribution < 1.29 is 14.3 Å². The predicted octanol–water partition coefficient (Wildman–Crippen LogP) is 2.28. The number of ether oxygens (including phenoxy) is 1. The number of imide groups is 1. The van der Waals surface area contributed by atoms with Crippen molar-refractivity contribution >= 4 is 33.4 Å². The average molecular weight is 334 g/mol. The topological polar surface area (TPSA) is 46.6 Å². The molecular formula is C15H12BrNO3. The molecule has 0 aliphatic carbocycles. The second-order valence-corrected chi connectivity index (χ2v) is 6.54. The van der Waals surface area contributed by atoms with Gasteiger partial charge in [-0.1, -0.05) is 34.1 Å². The molecule has 3 aliphatic heterocycles. The number of fused-ring (bicyclic) bond motifs is 5. The molecule has 2 bridgehead atoms. The zero-order valence-corrected chi connectivity index (χ0v) is 12.3. The van der Waals surface area contributed by atoms with Crippen LogP contribution < -0.4 is 4.90 Å². The first-order valence-electron chi connectivity index (χ1n) is 6.52. The molecule has 1 aromatic carbocycles. The van der Waals surface area contributed by atoms with Gasteiger partial charge in [0.25, 0.3) is 0 Å².